The summed E-state index contributed by atoms with van der Waals surface area (Å²) in [5.41, 5.74) is 3.75. The fourth-order valence-corrected chi connectivity index (χ4v) is 2.90. The molecule has 0 radical (unpaired) electrons. The second-order valence-electron chi connectivity index (χ2n) is 5.09. The lowest BCUT2D eigenvalue weighted by atomic mass is 10.2. The summed E-state index contributed by atoms with van der Waals surface area (Å²) in [6, 6.07) is 12.6. The summed E-state index contributed by atoms with van der Waals surface area (Å²) in [5.74, 6) is 2.85. The third kappa shape index (κ3) is 5.66. The first-order chi connectivity index (χ1) is 10.6. The first-order valence-corrected chi connectivity index (χ1v) is 8.81. The molecule has 0 aliphatic rings. The van der Waals surface area contributed by atoms with Gasteiger partial charge in [-0.15, -0.1) is 0 Å². The Morgan fingerprint density at radius 1 is 1.18 bits per heavy atom. The number of nitrogens with one attached hydrogen (secondary N) is 2. The lowest BCUT2D eigenvalue weighted by Crippen LogP contribution is -2.30. The average Bonchev–Trinajstić information content (AvgIpc) is 2.51. The number of hydrogen-bond donors (Lipinski definition) is 2. The van der Waals surface area contributed by atoms with Crippen molar-refractivity contribution in [2.75, 3.05) is 17.6 Å². The molecule has 0 spiro atoms. The maximum absolute atomic E-state index is 5.28. The Balaban J connectivity index is 1.63. The predicted molar refractivity (Wildman–Crippen MR) is 101 cm³/mol. The molecule has 0 amide bonds. The molecule has 0 atom stereocenters. The highest BCUT2D eigenvalue weighted by Gasteiger charge is 2.01. The van der Waals surface area contributed by atoms with Gasteiger partial charge in [0.25, 0.3) is 0 Å². The van der Waals surface area contributed by atoms with Gasteiger partial charge in [-0.3, -0.25) is 0 Å². The van der Waals surface area contributed by atoms with E-state index in [1.54, 1.807) is 6.20 Å². The van der Waals surface area contributed by atoms with Crippen LogP contribution in [0.3, 0.4) is 0 Å². The zero-order valence-electron chi connectivity index (χ0n) is 12.9. The van der Waals surface area contributed by atoms with Gasteiger partial charge in [-0.05, 0) is 43.3 Å². The molecular formula is C17H21N3S2. The normalized spacial score (nSPS) is 10.3. The van der Waals surface area contributed by atoms with E-state index >= 15 is 0 Å². The van der Waals surface area contributed by atoms with E-state index in [9.17, 15) is 0 Å². The summed E-state index contributed by atoms with van der Waals surface area (Å²) in [5, 5.41) is 6.96. The Labute approximate surface area is 141 Å². The minimum absolute atomic E-state index is 0.623. The van der Waals surface area contributed by atoms with Gasteiger partial charge in [-0.1, -0.05) is 35.9 Å². The maximum atomic E-state index is 5.28. The van der Waals surface area contributed by atoms with Crippen molar-refractivity contribution in [3.8, 4) is 0 Å². The van der Waals surface area contributed by atoms with E-state index in [1.807, 2.05) is 30.8 Å². The number of nitrogens with zero attached hydrogens (tertiary/aromatic N) is 1. The number of benzene rings is 1. The van der Waals surface area contributed by atoms with Crippen LogP contribution in [-0.2, 0) is 5.75 Å². The molecule has 3 nitrogen and oxygen atoms in total. The molecule has 22 heavy (non-hydrogen) atoms. The van der Waals surface area contributed by atoms with Gasteiger partial charge in [0.15, 0.2) is 5.11 Å². The zero-order valence-corrected chi connectivity index (χ0v) is 14.6. The van der Waals surface area contributed by atoms with Crippen LogP contribution in [0.15, 0.2) is 42.6 Å². The summed E-state index contributed by atoms with van der Waals surface area (Å²) >= 11 is 7.18. The highest BCUT2D eigenvalue weighted by atomic mass is 32.2. The van der Waals surface area contributed by atoms with Crippen molar-refractivity contribution in [1.82, 2.24) is 10.3 Å². The monoisotopic (exact) mass is 331 g/mol. The first-order valence-electron chi connectivity index (χ1n) is 7.25. The van der Waals surface area contributed by atoms with Gasteiger partial charge in [-0.2, -0.15) is 11.8 Å². The lowest BCUT2D eigenvalue weighted by molar-refractivity contribution is 0.987. The smallest absolute Gasteiger partial charge is 0.171 e. The van der Waals surface area contributed by atoms with Gasteiger partial charge in [0.1, 0.15) is 5.82 Å². The minimum atomic E-state index is 0.623. The van der Waals surface area contributed by atoms with Crippen LogP contribution in [0.25, 0.3) is 0 Å². The molecule has 0 bridgehead atoms. The van der Waals surface area contributed by atoms with Crippen molar-refractivity contribution < 1.29 is 0 Å². The number of thiocarbonyl (C=S) groups is 1. The Morgan fingerprint density at radius 3 is 2.68 bits per heavy atom. The van der Waals surface area contributed by atoms with Crippen LogP contribution in [-0.4, -0.2) is 22.4 Å². The van der Waals surface area contributed by atoms with Crippen LogP contribution in [0.2, 0.25) is 0 Å². The van der Waals surface area contributed by atoms with Crippen molar-refractivity contribution in [1.29, 1.82) is 0 Å². The SMILES string of the molecule is Cc1ccc(CSCCNC(=S)Nc2ncccc2C)cc1. The van der Waals surface area contributed by atoms with Crippen LogP contribution in [0.5, 0.6) is 0 Å². The topological polar surface area (TPSA) is 37.0 Å². The number of hydrogen-bond acceptors (Lipinski definition) is 3. The highest BCUT2D eigenvalue weighted by Crippen LogP contribution is 2.12. The van der Waals surface area contributed by atoms with Crippen molar-refractivity contribution in [3.05, 3.63) is 59.3 Å². The van der Waals surface area contributed by atoms with E-state index < -0.39 is 0 Å². The summed E-state index contributed by atoms with van der Waals surface area (Å²) in [6.07, 6.45) is 1.76. The first kappa shape index (κ1) is 16.8. The van der Waals surface area contributed by atoms with Gasteiger partial charge < -0.3 is 10.6 Å². The van der Waals surface area contributed by atoms with E-state index in [1.165, 1.54) is 11.1 Å². The molecule has 2 aromatic rings. The number of pyridine rings is 1. The number of aryl methyl sites for hydroxylation is 2. The standard InChI is InChI=1S/C17H21N3S2/c1-13-5-7-15(8-6-13)12-22-11-10-19-17(21)20-16-14(2)4-3-9-18-16/h3-9H,10-12H2,1-2H3,(H2,18,19,20,21). The minimum Gasteiger partial charge on any atom is -0.362 e. The maximum Gasteiger partial charge on any atom is 0.171 e. The molecule has 2 N–H and O–H groups in total. The molecular weight excluding hydrogens is 310 g/mol. The summed E-state index contributed by atoms with van der Waals surface area (Å²) < 4.78 is 0. The van der Waals surface area contributed by atoms with Crippen LogP contribution in [0.1, 0.15) is 16.7 Å². The molecule has 1 heterocycles. The van der Waals surface area contributed by atoms with E-state index in [2.05, 4.69) is 46.8 Å². The Bertz CT molecular complexity index is 612. The Hall–Kier alpha value is -1.59. The third-order valence-electron chi connectivity index (χ3n) is 3.16. The van der Waals surface area contributed by atoms with Crippen molar-refractivity contribution in [2.45, 2.75) is 19.6 Å². The molecule has 0 saturated heterocycles. The van der Waals surface area contributed by atoms with Crippen molar-refractivity contribution in [3.63, 3.8) is 0 Å². The fourth-order valence-electron chi connectivity index (χ4n) is 1.88. The average molecular weight is 332 g/mol. The largest absolute Gasteiger partial charge is 0.362 e. The lowest BCUT2D eigenvalue weighted by Gasteiger charge is -2.11. The third-order valence-corrected chi connectivity index (χ3v) is 4.44. The van der Waals surface area contributed by atoms with Gasteiger partial charge in [0.05, 0.1) is 0 Å². The van der Waals surface area contributed by atoms with Crippen molar-refractivity contribution in [2.24, 2.45) is 0 Å². The van der Waals surface area contributed by atoms with Crippen LogP contribution in [0, 0.1) is 13.8 Å². The van der Waals surface area contributed by atoms with Crippen LogP contribution in [0.4, 0.5) is 5.82 Å². The summed E-state index contributed by atoms with van der Waals surface area (Å²) in [4.78, 5) is 4.27. The molecule has 1 aromatic heterocycles. The van der Waals surface area contributed by atoms with E-state index in [-0.39, 0.29) is 0 Å². The fraction of sp³-hybridized carbons (Fsp3) is 0.294. The van der Waals surface area contributed by atoms with Gasteiger partial charge >= 0.3 is 0 Å². The molecule has 0 fully saturated rings. The molecule has 5 heteroatoms. The van der Waals surface area contributed by atoms with Crippen LogP contribution >= 0.6 is 24.0 Å². The van der Waals surface area contributed by atoms with E-state index in [0.29, 0.717) is 5.11 Å². The predicted octanol–water partition coefficient (Wildman–Crippen LogP) is 3.92. The number of anilines is 1. The molecule has 116 valence electrons. The molecule has 0 aliphatic carbocycles. The second-order valence-corrected chi connectivity index (χ2v) is 6.60. The van der Waals surface area contributed by atoms with Gasteiger partial charge in [-0.25, -0.2) is 4.98 Å². The summed E-state index contributed by atoms with van der Waals surface area (Å²) in [7, 11) is 0. The molecule has 0 saturated carbocycles. The molecule has 0 unspecified atom stereocenters. The van der Waals surface area contributed by atoms with Crippen molar-refractivity contribution >= 4 is 34.9 Å². The number of rotatable bonds is 6. The molecule has 2 rings (SSSR count). The van der Waals surface area contributed by atoms with Gasteiger partial charge in [0, 0.05) is 24.2 Å². The Kier molecular flexibility index (Phi) is 6.68. The molecule has 0 aliphatic heterocycles. The number of aromatic nitrogens is 1. The zero-order chi connectivity index (χ0) is 15.8. The van der Waals surface area contributed by atoms with E-state index in [4.69, 9.17) is 12.2 Å². The van der Waals surface area contributed by atoms with E-state index in [0.717, 1.165) is 29.4 Å². The summed E-state index contributed by atoms with van der Waals surface area (Å²) in [6.45, 7) is 4.96. The molecule has 1 aromatic carbocycles. The van der Waals surface area contributed by atoms with Gasteiger partial charge in [0.2, 0.25) is 0 Å². The Morgan fingerprint density at radius 2 is 1.95 bits per heavy atom. The second kappa shape index (κ2) is 8.76. The quantitative estimate of drug-likeness (QED) is 0.620. The number of thioether (sulfide) groups is 1. The highest BCUT2D eigenvalue weighted by molar-refractivity contribution is 7.98. The van der Waals surface area contributed by atoms with Crippen LogP contribution < -0.4 is 10.6 Å².